The van der Waals surface area contributed by atoms with Gasteiger partial charge in [0.25, 0.3) is 5.91 Å². The standard InChI is InChI=1S/C19H24N4O3/c1-26-9-3-5-17(24)22-11-14-6-8-23(16(14)12-22)19(25)15-10-13-4-2-7-20-18(13)21-15/h2,4,7,10,14,16H,3,5-6,8-9,11-12H2,1H3,(H,20,21)/t14-,16+/m0/s1. The predicted octanol–water partition coefficient (Wildman–Crippen LogP) is 1.66. The Balaban J connectivity index is 1.44. The highest BCUT2D eigenvalue weighted by atomic mass is 16.5. The minimum absolute atomic E-state index is 0.00387. The van der Waals surface area contributed by atoms with Crippen molar-refractivity contribution in [1.82, 2.24) is 19.8 Å². The number of methoxy groups -OCH3 is 1. The van der Waals surface area contributed by atoms with Gasteiger partial charge in [0, 0.05) is 57.3 Å². The molecule has 1 N–H and O–H groups in total. The van der Waals surface area contributed by atoms with Gasteiger partial charge in [-0.3, -0.25) is 9.59 Å². The Kier molecular flexibility index (Phi) is 4.63. The second kappa shape index (κ2) is 7.07. The molecule has 2 aromatic heterocycles. The number of hydrogen-bond acceptors (Lipinski definition) is 4. The van der Waals surface area contributed by atoms with Crippen molar-refractivity contribution in [2.45, 2.75) is 25.3 Å². The number of hydrogen-bond donors (Lipinski definition) is 1. The number of pyridine rings is 1. The van der Waals surface area contributed by atoms with Gasteiger partial charge in [0.1, 0.15) is 11.3 Å². The fourth-order valence-electron chi connectivity index (χ4n) is 4.17. The summed E-state index contributed by atoms with van der Waals surface area (Å²) < 4.78 is 5.02. The molecule has 7 nitrogen and oxygen atoms in total. The lowest BCUT2D eigenvalue weighted by Crippen LogP contribution is -2.40. The molecule has 2 saturated heterocycles. The Hall–Kier alpha value is -2.41. The molecule has 2 aromatic rings. The molecule has 2 amide bonds. The van der Waals surface area contributed by atoms with E-state index in [1.807, 2.05) is 28.0 Å². The Morgan fingerprint density at radius 2 is 2.27 bits per heavy atom. The summed E-state index contributed by atoms with van der Waals surface area (Å²) in [4.78, 5) is 36.6. The summed E-state index contributed by atoms with van der Waals surface area (Å²) in [6, 6.07) is 5.78. The first-order chi connectivity index (χ1) is 12.7. The average molecular weight is 356 g/mol. The summed E-state index contributed by atoms with van der Waals surface area (Å²) in [5, 5.41) is 0.938. The van der Waals surface area contributed by atoms with Crippen molar-refractivity contribution in [1.29, 1.82) is 0 Å². The van der Waals surface area contributed by atoms with E-state index >= 15 is 0 Å². The molecule has 2 atom stereocenters. The molecule has 0 spiro atoms. The summed E-state index contributed by atoms with van der Waals surface area (Å²) in [6.45, 7) is 2.75. The number of aromatic nitrogens is 2. The molecule has 138 valence electrons. The topological polar surface area (TPSA) is 78.5 Å². The SMILES string of the molecule is COCCCC(=O)N1C[C@@H]2CCN(C(=O)c3cc4cccnc4[nH]3)[C@@H]2C1. The van der Waals surface area contributed by atoms with Crippen molar-refractivity contribution in [3.63, 3.8) is 0 Å². The van der Waals surface area contributed by atoms with E-state index in [9.17, 15) is 9.59 Å². The Morgan fingerprint density at radius 3 is 3.08 bits per heavy atom. The molecule has 26 heavy (non-hydrogen) atoms. The third-order valence-electron chi connectivity index (χ3n) is 5.52. The van der Waals surface area contributed by atoms with E-state index in [-0.39, 0.29) is 17.9 Å². The number of ether oxygens (including phenoxy) is 1. The maximum absolute atomic E-state index is 13.0. The zero-order chi connectivity index (χ0) is 18.1. The summed E-state index contributed by atoms with van der Waals surface area (Å²) in [5.74, 6) is 0.552. The molecule has 0 aliphatic carbocycles. The van der Waals surface area contributed by atoms with Gasteiger partial charge in [-0.1, -0.05) is 0 Å². The van der Waals surface area contributed by atoms with Crippen LogP contribution in [-0.4, -0.2) is 71.0 Å². The number of amides is 2. The van der Waals surface area contributed by atoms with Crippen molar-refractivity contribution in [3.8, 4) is 0 Å². The molecule has 7 heteroatoms. The second-order valence-electron chi connectivity index (χ2n) is 7.13. The number of H-pyrrole nitrogens is 1. The largest absolute Gasteiger partial charge is 0.385 e. The number of fused-ring (bicyclic) bond motifs is 2. The molecular formula is C19H24N4O3. The first-order valence-electron chi connectivity index (χ1n) is 9.19. The Bertz CT molecular complexity index is 785. The number of rotatable bonds is 5. The highest BCUT2D eigenvalue weighted by Gasteiger charge is 2.44. The normalized spacial score (nSPS) is 22.2. The van der Waals surface area contributed by atoms with Gasteiger partial charge in [-0.2, -0.15) is 0 Å². The van der Waals surface area contributed by atoms with Crippen molar-refractivity contribution < 1.29 is 14.3 Å². The molecule has 0 radical (unpaired) electrons. The highest BCUT2D eigenvalue weighted by molar-refractivity contribution is 5.97. The van der Waals surface area contributed by atoms with Crippen LogP contribution in [0.4, 0.5) is 0 Å². The van der Waals surface area contributed by atoms with E-state index in [2.05, 4.69) is 9.97 Å². The maximum Gasteiger partial charge on any atom is 0.270 e. The lowest BCUT2D eigenvalue weighted by atomic mass is 10.1. The molecule has 2 aliphatic heterocycles. The molecular weight excluding hydrogens is 332 g/mol. The first-order valence-corrected chi connectivity index (χ1v) is 9.19. The first kappa shape index (κ1) is 17.0. The van der Waals surface area contributed by atoms with Gasteiger partial charge in [-0.25, -0.2) is 4.98 Å². The van der Waals surface area contributed by atoms with Gasteiger partial charge < -0.3 is 19.5 Å². The molecule has 0 saturated carbocycles. The molecule has 0 unspecified atom stereocenters. The van der Waals surface area contributed by atoms with E-state index in [1.54, 1.807) is 13.3 Å². The monoisotopic (exact) mass is 356 g/mol. The predicted molar refractivity (Wildman–Crippen MR) is 96.7 cm³/mol. The van der Waals surface area contributed by atoms with E-state index in [1.165, 1.54) is 0 Å². The summed E-state index contributed by atoms with van der Waals surface area (Å²) in [7, 11) is 1.65. The minimum atomic E-state index is 0.00387. The molecule has 4 heterocycles. The van der Waals surface area contributed by atoms with Crippen LogP contribution in [0.15, 0.2) is 24.4 Å². The van der Waals surface area contributed by atoms with Crippen LogP contribution in [0.3, 0.4) is 0 Å². The highest BCUT2D eigenvalue weighted by Crippen LogP contribution is 2.33. The quantitative estimate of drug-likeness (QED) is 0.827. The molecule has 4 rings (SSSR count). The number of aromatic amines is 1. The van der Waals surface area contributed by atoms with Gasteiger partial charge in [-0.15, -0.1) is 0 Å². The van der Waals surface area contributed by atoms with E-state index in [0.29, 0.717) is 31.2 Å². The molecule has 2 fully saturated rings. The van der Waals surface area contributed by atoms with Crippen LogP contribution in [0, 0.1) is 5.92 Å². The Morgan fingerprint density at radius 1 is 1.38 bits per heavy atom. The van der Waals surface area contributed by atoms with Gasteiger partial charge in [0.2, 0.25) is 5.91 Å². The number of carbonyl (C=O) groups excluding carboxylic acids is 2. The van der Waals surface area contributed by atoms with E-state index in [0.717, 1.165) is 37.0 Å². The minimum Gasteiger partial charge on any atom is -0.385 e. The van der Waals surface area contributed by atoms with E-state index < -0.39 is 0 Å². The zero-order valence-electron chi connectivity index (χ0n) is 15.0. The van der Waals surface area contributed by atoms with Crippen molar-refractivity contribution in [2.75, 3.05) is 33.4 Å². The van der Waals surface area contributed by atoms with Crippen molar-refractivity contribution in [3.05, 3.63) is 30.1 Å². The van der Waals surface area contributed by atoms with Crippen LogP contribution in [-0.2, 0) is 9.53 Å². The van der Waals surface area contributed by atoms with Gasteiger partial charge >= 0.3 is 0 Å². The lowest BCUT2D eigenvalue weighted by Gasteiger charge is -2.24. The van der Waals surface area contributed by atoms with Crippen LogP contribution < -0.4 is 0 Å². The number of nitrogens with one attached hydrogen (secondary N) is 1. The fourth-order valence-corrected chi connectivity index (χ4v) is 4.17. The van der Waals surface area contributed by atoms with Crippen LogP contribution in [0.1, 0.15) is 29.8 Å². The van der Waals surface area contributed by atoms with Gasteiger partial charge in [-0.05, 0) is 31.0 Å². The van der Waals surface area contributed by atoms with Crippen LogP contribution in [0.25, 0.3) is 11.0 Å². The number of nitrogens with zero attached hydrogens (tertiary/aromatic N) is 3. The van der Waals surface area contributed by atoms with Crippen molar-refractivity contribution >= 4 is 22.8 Å². The smallest absolute Gasteiger partial charge is 0.270 e. The average Bonchev–Trinajstić information content (AvgIpc) is 3.34. The second-order valence-corrected chi connectivity index (χ2v) is 7.13. The zero-order valence-corrected chi connectivity index (χ0v) is 15.0. The molecule has 0 bridgehead atoms. The van der Waals surface area contributed by atoms with Crippen molar-refractivity contribution in [2.24, 2.45) is 5.92 Å². The van der Waals surface area contributed by atoms with Crippen LogP contribution in [0.5, 0.6) is 0 Å². The van der Waals surface area contributed by atoms with Crippen LogP contribution >= 0.6 is 0 Å². The fraction of sp³-hybridized carbons (Fsp3) is 0.526. The third-order valence-corrected chi connectivity index (χ3v) is 5.52. The summed E-state index contributed by atoms with van der Waals surface area (Å²) in [6.07, 6.45) is 3.92. The maximum atomic E-state index is 13.0. The van der Waals surface area contributed by atoms with E-state index in [4.69, 9.17) is 4.74 Å². The lowest BCUT2D eigenvalue weighted by molar-refractivity contribution is -0.130. The van der Waals surface area contributed by atoms with Gasteiger partial charge in [0.15, 0.2) is 0 Å². The summed E-state index contributed by atoms with van der Waals surface area (Å²) in [5.41, 5.74) is 1.30. The molecule has 2 aliphatic rings. The summed E-state index contributed by atoms with van der Waals surface area (Å²) >= 11 is 0. The van der Waals surface area contributed by atoms with Gasteiger partial charge in [0.05, 0.1) is 6.04 Å². The number of likely N-dealkylation sites (tertiary alicyclic amines) is 2. The molecule has 0 aromatic carbocycles. The Labute approximate surface area is 152 Å². The van der Waals surface area contributed by atoms with Crippen LogP contribution in [0.2, 0.25) is 0 Å². The number of carbonyl (C=O) groups is 2. The third kappa shape index (κ3) is 3.07.